The Morgan fingerprint density at radius 2 is 2.19 bits per heavy atom. The van der Waals surface area contributed by atoms with Gasteiger partial charge < -0.3 is 9.47 Å². The molecular formula is C16H22FNO3. The second-order valence-corrected chi connectivity index (χ2v) is 5.77. The third-order valence-corrected chi connectivity index (χ3v) is 3.68. The molecule has 5 heteroatoms. The van der Waals surface area contributed by atoms with Crippen LogP contribution < -0.4 is 10.1 Å². The predicted octanol–water partition coefficient (Wildman–Crippen LogP) is 2.59. The SMILES string of the molecule is COC(=O)C(C)(CCOc1cc(C)ccc1F)NC1CC1. The Hall–Kier alpha value is -1.62. The van der Waals surface area contributed by atoms with E-state index in [0.29, 0.717) is 12.5 Å². The van der Waals surface area contributed by atoms with Crippen molar-refractivity contribution < 1.29 is 18.7 Å². The summed E-state index contributed by atoms with van der Waals surface area (Å²) in [5.41, 5.74) is 0.134. The molecular weight excluding hydrogens is 273 g/mol. The molecule has 0 spiro atoms. The lowest BCUT2D eigenvalue weighted by Gasteiger charge is -2.28. The molecule has 0 aromatic heterocycles. The Labute approximate surface area is 124 Å². The van der Waals surface area contributed by atoms with Crippen molar-refractivity contribution >= 4 is 5.97 Å². The maximum atomic E-state index is 13.6. The minimum Gasteiger partial charge on any atom is -0.490 e. The first-order valence-electron chi connectivity index (χ1n) is 7.20. The lowest BCUT2D eigenvalue weighted by atomic mass is 9.98. The van der Waals surface area contributed by atoms with E-state index in [0.717, 1.165) is 18.4 Å². The van der Waals surface area contributed by atoms with E-state index in [1.165, 1.54) is 13.2 Å². The van der Waals surface area contributed by atoms with E-state index in [9.17, 15) is 9.18 Å². The topological polar surface area (TPSA) is 47.6 Å². The van der Waals surface area contributed by atoms with Gasteiger partial charge in [0, 0.05) is 12.5 Å². The quantitative estimate of drug-likeness (QED) is 0.786. The summed E-state index contributed by atoms with van der Waals surface area (Å²) in [6.07, 6.45) is 2.56. The number of esters is 1. The Morgan fingerprint density at radius 3 is 2.81 bits per heavy atom. The lowest BCUT2D eigenvalue weighted by Crippen LogP contribution is -2.52. The van der Waals surface area contributed by atoms with Gasteiger partial charge in [-0.1, -0.05) is 6.07 Å². The number of nitrogens with one attached hydrogen (secondary N) is 1. The van der Waals surface area contributed by atoms with Crippen LogP contribution >= 0.6 is 0 Å². The van der Waals surface area contributed by atoms with Gasteiger partial charge in [-0.05, 0) is 44.4 Å². The van der Waals surface area contributed by atoms with Crippen molar-refractivity contribution in [1.82, 2.24) is 5.32 Å². The molecule has 1 aromatic carbocycles. The molecule has 116 valence electrons. The fourth-order valence-corrected chi connectivity index (χ4v) is 2.22. The van der Waals surface area contributed by atoms with E-state index in [-0.39, 0.29) is 18.3 Å². The van der Waals surface area contributed by atoms with Crippen LogP contribution in [-0.2, 0) is 9.53 Å². The van der Waals surface area contributed by atoms with Gasteiger partial charge in [-0.3, -0.25) is 10.1 Å². The van der Waals surface area contributed by atoms with Crippen molar-refractivity contribution in [2.24, 2.45) is 0 Å². The van der Waals surface area contributed by atoms with E-state index >= 15 is 0 Å². The predicted molar refractivity (Wildman–Crippen MR) is 77.8 cm³/mol. The number of aryl methyl sites for hydroxylation is 1. The molecule has 0 bridgehead atoms. The summed E-state index contributed by atoms with van der Waals surface area (Å²) in [6, 6.07) is 5.09. The number of halogens is 1. The fraction of sp³-hybridized carbons (Fsp3) is 0.562. The fourth-order valence-electron chi connectivity index (χ4n) is 2.22. The average Bonchev–Trinajstić information content (AvgIpc) is 3.25. The highest BCUT2D eigenvalue weighted by molar-refractivity contribution is 5.80. The highest BCUT2D eigenvalue weighted by Crippen LogP contribution is 2.25. The molecule has 0 amide bonds. The third-order valence-electron chi connectivity index (χ3n) is 3.68. The first-order valence-corrected chi connectivity index (χ1v) is 7.20. The maximum Gasteiger partial charge on any atom is 0.325 e. The molecule has 4 nitrogen and oxygen atoms in total. The number of rotatable bonds is 7. The molecule has 2 rings (SSSR count). The molecule has 0 radical (unpaired) electrons. The van der Waals surface area contributed by atoms with Crippen molar-refractivity contribution in [3.63, 3.8) is 0 Å². The summed E-state index contributed by atoms with van der Waals surface area (Å²) in [5.74, 6) is -0.494. The Balaban J connectivity index is 1.95. The largest absolute Gasteiger partial charge is 0.490 e. The van der Waals surface area contributed by atoms with E-state index < -0.39 is 11.4 Å². The molecule has 1 aromatic rings. The van der Waals surface area contributed by atoms with E-state index in [4.69, 9.17) is 9.47 Å². The second-order valence-electron chi connectivity index (χ2n) is 5.77. The minimum absolute atomic E-state index is 0.216. The summed E-state index contributed by atoms with van der Waals surface area (Å²) in [6.45, 7) is 3.92. The summed E-state index contributed by atoms with van der Waals surface area (Å²) >= 11 is 0. The number of benzene rings is 1. The number of hydrogen-bond donors (Lipinski definition) is 1. The van der Waals surface area contributed by atoms with Crippen LogP contribution in [0, 0.1) is 12.7 Å². The Morgan fingerprint density at radius 1 is 1.48 bits per heavy atom. The van der Waals surface area contributed by atoms with Crippen LogP contribution in [0.15, 0.2) is 18.2 Å². The van der Waals surface area contributed by atoms with Crippen molar-refractivity contribution in [1.29, 1.82) is 0 Å². The van der Waals surface area contributed by atoms with Gasteiger partial charge in [0.15, 0.2) is 11.6 Å². The minimum atomic E-state index is -0.795. The number of carbonyl (C=O) groups excluding carboxylic acids is 1. The second kappa shape index (κ2) is 6.43. The third kappa shape index (κ3) is 4.17. The summed E-state index contributed by atoms with van der Waals surface area (Å²) < 4.78 is 23.9. The average molecular weight is 295 g/mol. The number of ether oxygens (including phenoxy) is 2. The molecule has 1 unspecified atom stereocenters. The van der Waals surface area contributed by atoms with Crippen LogP contribution in [0.3, 0.4) is 0 Å². The van der Waals surface area contributed by atoms with Gasteiger partial charge in [0.1, 0.15) is 5.54 Å². The van der Waals surface area contributed by atoms with Crippen molar-refractivity contribution in [2.75, 3.05) is 13.7 Å². The Bertz CT molecular complexity index is 516. The first-order chi connectivity index (χ1) is 9.94. The lowest BCUT2D eigenvalue weighted by molar-refractivity contribution is -0.148. The first kappa shape index (κ1) is 15.8. The van der Waals surface area contributed by atoms with Crippen LogP contribution in [0.1, 0.15) is 31.7 Å². The molecule has 0 aliphatic heterocycles. The molecule has 21 heavy (non-hydrogen) atoms. The zero-order chi connectivity index (χ0) is 15.5. The molecule has 1 saturated carbocycles. The van der Waals surface area contributed by atoms with Gasteiger partial charge in [-0.15, -0.1) is 0 Å². The highest BCUT2D eigenvalue weighted by atomic mass is 19.1. The molecule has 1 fully saturated rings. The van der Waals surface area contributed by atoms with Gasteiger partial charge in [0.25, 0.3) is 0 Å². The maximum absolute atomic E-state index is 13.6. The van der Waals surface area contributed by atoms with Crippen molar-refractivity contribution in [2.45, 2.75) is 44.7 Å². The summed E-state index contributed by atoms with van der Waals surface area (Å²) in [4.78, 5) is 11.9. The highest BCUT2D eigenvalue weighted by Gasteiger charge is 2.39. The molecule has 1 atom stereocenters. The standard InChI is InChI=1S/C16H22FNO3/c1-11-4-7-13(17)14(10-11)21-9-8-16(2,15(19)20-3)18-12-5-6-12/h4,7,10,12,18H,5-6,8-9H2,1-3H3. The van der Waals surface area contributed by atoms with Gasteiger partial charge in [-0.25, -0.2) is 4.39 Å². The zero-order valence-corrected chi connectivity index (χ0v) is 12.7. The monoisotopic (exact) mass is 295 g/mol. The molecule has 0 heterocycles. The molecule has 1 N–H and O–H groups in total. The molecule has 0 saturated heterocycles. The van der Waals surface area contributed by atoms with Gasteiger partial charge in [0.2, 0.25) is 0 Å². The van der Waals surface area contributed by atoms with Gasteiger partial charge >= 0.3 is 5.97 Å². The number of hydrogen-bond acceptors (Lipinski definition) is 4. The van der Waals surface area contributed by atoms with Crippen LogP contribution in [0.5, 0.6) is 5.75 Å². The zero-order valence-electron chi connectivity index (χ0n) is 12.7. The van der Waals surface area contributed by atoms with Crippen LogP contribution in [-0.4, -0.2) is 31.3 Å². The number of methoxy groups -OCH3 is 1. The van der Waals surface area contributed by atoms with Crippen LogP contribution in [0.25, 0.3) is 0 Å². The Kier molecular flexibility index (Phi) is 4.83. The van der Waals surface area contributed by atoms with Crippen molar-refractivity contribution in [3.05, 3.63) is 29.6 Å². The summed E-state index contributed by atoms with van der Waals surface area (Å²) in [5, 5.41) is 3.28. The molecule has 1 aliphatic carbocycles. The van der Waals surface area contributed by atoms with E-state index in [1.807, 2.05) is 6.92 Å². The molecule has 1 aliphatic rings. The smallest absolute Gasteiger partial charge is 0.325 e. The normalized spacial score (nSPS) is 17.1. The van der Waals surface area contributed by atoms with Crippen LogP contribution in [0.4, 0.5) is 4.39 Å². The van der Waals surface area contributed by atoms with Gasteiger partial charge in [0.05, 0.1) is 13.7 Å². The van der Waals surface area contributed by atoms with E-state index in [1.54, 1.807) is 19.1 Å². The van der Waals surface area contributed by atoms with E-state index in [2.05, 4.69) is 5.32 Å². The van der Waals surface area contributed by atoms with Crippen molar-refractivity contribution in [3.8, 4) is 5.75 Å². The van der Waals surface area contributed by atoms with Crippen LogP contribution in [0.2, 0.25) is 0 Å². The summed E-state index contributed by atoms with van der Waals surface area (Å²) in [7, 11) is 1.37. The number of carbonyl (C=O) groups is 1. The van der Waals surface area contributed by atoms with Gasteiger partial charge in [-0.2, -0.15) is 0 Å².